The summed E-state index contributed by atoms with van der Waals surface area (Å²) in [5.41, 5.74) is 8.14. The maximum absolute atomic E-state index is 12.6. The van der Waals surface area contributed by atoms with Gasteiger partial charge in [0.25, 0.3) is 11.6 Å². The van der Waals surface area contributed by atoms with Crippen LogP contribution in [0.5, 0.6) is 0 Å². The molecule has 0 saturated carbocycles. The first kappa shape index (κ1) is 19.9. The number of hydrogen-bond donors (Lipinski definition) is 2. The number of carbonyl (C=O) groups is 1. The van der Waals surface area contributed by atoms with Gasteiger partial charge in [0, 0.05) is 30.2 Å². The number of nitro benzene ring substituents is 1. The molecule has 0 spiro atoms. The molecule has 7 nitrogen and oxygen atoms in total. The van der Waals surface area contributed by atoms with E-state index in [4.69, 9.17) is 5.73 Å². The van der Waals surface area contributed by atoms with E-state index in [9.17, 15) is 14.9 Å². The predicted molar refractivity (Wildman–Crippen MR) is 112 cm³/mol. The third-order valence-electron chi connectivity index (χ3n) is 4.26. The van der Waals surface area contributed by atoms with Crippen LogP contribution >= 0.6 is 0 Å². The highest BCUT2D eigenvalue weighted by atomic mass is 16.6. The molecule has 0 bridgehead atoms. The quantitative estimate of drug-likeness (QED) is 0.286. The van der Waals surface area contributed by atoms with Crippen molar-refractivity contribution in [1.29, 1.82) is 0 Å². The first-order chi connectivity index (χ1) is 14.0. The van der Waals surface area contributed by atoms with Crippen molar-refractivity contribution in [2.24, 2.45) is 10.7 Å². The van der Waals surface area contributed by atoms with Crippen LogP contribution in [0.15, 0.2) is 89.9 Å². The number of nitrogens with two attached hydrogens (primary N) is 1. The van der Waals surface area contributed by atoms with Crippen LogP contribution in [0.1, 0.15) is 28.4 Å². The third-order valence-corrected chi connectivity index (χ3v) is 4.26. The zero-order valence-electron chi connectivity index (χ0n) is 15.6. The van der Waals surface area contributed by atoms with Gasteiger partial charge >= 0.3 is 0 Å². The molecule has 146 valence electrons. The van der Waals surface area contributed by atoms with Crippen molar-refractivity contribution in [2.75, 3.05) is 0 Å². The Morgan fingerprint density at radius 1 is 0.966 bits per heavy atom. The summed E-state index contributed by atoms with van der Waals surface area (Å²) in [4.78, 5) is 27.5. The van der Waals surface area contributed by atoms with E-state index in [2.05, 4.69) is 10.3 Å². The van der Waals surface area contributed by atoms with Crippen LogP contribution in [0.4, 0.5) is 11.4 Å². The number of rotatable bonds is 6. The summed E-state index contributed by atoms with van der Waals surface area (Å²) < 4.78 is 0. The van der Waals surface area contributed by atoms with Crippen LogP contribution in [-0.2, 0) is 0 Å². The topological polar surface area (TPSA) is 111 Å². The number of nitrogens with zero attached hydrogens (tertiary/aromatic N) is 2. The number of benzene rings is 3. The zero-order valence-corrected chi connectivity index (χ0v) is 15.6. The van der Waals surface area contributed by atoms with Crippen molar-refractivity contribution >= 4 is 23.1 Å². The zero-order chi connectivity index (χ0) is 20.6. The molecule has 3 aromatic carbocycles. The molecule has 0 fully saturated rings. The SMILES string of the molecule is NC(CC(=Nc1ccccc1)NC(=O)c1ccc([N+](=O)[O-])cc1)c1ccccc1. The van der Waals surface area contributed by atoms with Crippen molar-refractivity contribution in [2.45, 2.75) is 12.5 Å². The summed E-state index contributed by atoms with van der Waals surface area (Å²) in [6.07, 6.45) is 0.317. The number of para-hydroxylation sites is 1. The fourth-order valence-electron chi connectivity index (χ4n) is 2.75. The molecule has 1 amide bonds. The van der Waals surface area contributed by atoms with Gasteiger partial charge in [-0.25, -0.2) is 4.99 Å². The van der Waals surface area contributed by atoms with Gasteiger partial charge in [0.05, 0.1) is 10.6 Å². The third kappa shape index (κ3) is 5.57. The lowest BCUT2D eigenvalue weighted by molar-refractivity contribution is -0.384. The molecule has 7 heteroatoms. The van der Waals surface area contributed by atoms with Gasteiger partial charge in [-0.05, 0) is 29.8 Å². The Balaban J connectivity index is 1.82. The van der Waals surface area contributed by atoms with E-state index in [1.807, 2.05) is 60.7 Å². The summed E-state index contributed by atoms with van der Waals surface area (Å²) in [6, 6.07) is 23.8. The Morgan fingerprint density at radius 3 is 2.14 bits per heavy atom. The molecule has 3 rings (SSSR count). The largest absolute Gasteiger partial charge is 0.324 e. The number of amides is 1. The summed E-state index contributed by atoms with van der Waals surface area (Å²) in [6.45, 7) is 0. The van der Waals surface area contributed by atoms with E-state index in [1.165, 1.54) is 24.3 Å². The monoisotopic (exact) mass is 388 g/mol. The molecule has 0 aromatic heterocycles. The van der Waals surface area contributed by atoms with Gasteiger partial charge in [-0.1, -0.05) is 48.5 Å². The maximum atomic E-state index is 12.6. The van der Waals surface area contributed by atoms with E-state index in [1.54, 1.807) is 0 Å². The van der Waals surface area contributed by atoms with Crippen molar-refractivity contribution < 1.29 is 9.72 Å². The molecular weight excluding hydrogens is 368 g/mol. The second-order valence-corrected chi connectivity index (χ2v) is 6.37. The molecule has 0 radical (unpaired) electrons. The minimum atomic E-state index is -0.511. The van der Waals surface area contributed by atoms with E-state index in [-0.39, 0.29) is 11.7 Å². The first-order valence-electron chi connectivity index (χ1n) is 9.02. The molecule has 1 atom stereocenters. The Hall–Kier alpha value is -3.84. The van der Waals surface area contributed by atoms with Crippen molar-refractivity contribution in [3.63, 3.8) is 0 Å². The average Bonchev–Trinajstić information content (AvgIpc) is 2.75. The second kappa shape index (κ2) is 9.38. The number of nitrogens with one attached hydrogen (secondary N) is 1. The summed E-state index contributed by atoms with van der Waals surface area (Å²) in [7, 11) is 0. The van der Waals surface area contributed by atoms with Crippen molar-refractivity contribution in [3.05, 3.63) is 106 Å². The first-order valence-corrected chi connectivity index (χ1v) is 9.02. The van der Waals surface area contributed by atoms with E-state index in [0.717, 1.165) is 5.56 Å². The fourth-order valence-corrected chi connectivity index (χ4v) is 2.75. The Morgan fingerprint density at radius 2 is 1.55 bits per heavy atom. The van der Waals surface area contributed by atoms with Gasteiger partial charge in [-0.15, -0.1) is 0 Å². The maximum Gasteiger partial charge on any atom is 0.269 e. The number of non-ortho nitro benzene ring substituents is 1. The van der Waals surface area contributed by atoms with Gasteiger partial charge in [0.2, 0.25) is 0 Å². The predicted octanol–water partition coefficient (Wildman–Crippen LogP) is 4.14. The van der Waals surface area contributed by atoms with Crippen LogP contribution in [0.25, 0.3) is 0 Å². The highest BCUT2D eigenvalue weighted by Crippen LogP contribution is 2.17. The molecular formula is C22H20N4O3. The molecule has 3 aromatic rings. The number of carbonyl (C=O) groups excluding carboxylic acids is 1. The Bertz CT molecular complexity index is 1000. The number of hydrogen-bond acceptors (Lipinski definition) is 5. The lowest BCUT2D eigenvalue weighted by Crippen LogP contribution is -2.33. The van der Waals surface area contributed by atoms with Crippen LogP contribution in [0.3, 0.4) is 0 Å². The molecule has 29 heavy (non-hydrogen) atoms. The summed E-state index contributed by atoms with van der Waals surface area (Å²) in [5.74, 6) is 0.00532. The highest BCUT2D eigenvalue weighted by Gasteiger charge is 2.15. The van der Waals surface area contributed by atoms with Gasteiger partial charge < -0.3 is 11.1 Å². The van der Waals surface area contributed by atoms with E-state index < -0.39 is 10.8 Å². The van der Waals surface area contributed by atoms with Crippen LogP contribution in [0.2, 0.25) is 0 Å². The van der Waals surface area contributed by atoms with E-state index >= 15 is 0 Å². The molecule has 3 N–H and O–H groups in total. The van der Waals surface area contributed by atoms with Gasteiger partial charge in [0.15, 0.2) is 0 Å². The van der Waals surface area contributed by atoms with Crippen molar-refractivity contribution in [3.8, 4) is 0 Å². The Labute approximate surface area is 168 Å². The number of amidine groups is 1. The summed E-state index contributed by atoms with van der Waals surface area (Å²) >= 11 is 0. The molecule has 0 aliphatic carbocycles. The van der Waals surface area contributed by atoms with Gasteiger partial charge in [0.1, 0.15) is 5.84 Å². The lowest BCUT2D eigenvalue weighted by Gasteiger charge is -2.15. The van der Waals surface area contributed by atoms with Crippen LogP contribution in [0, 0.1) is 10.1 Å². The van der Waals surface area contributed by atoms with Crippen LogP contribution < -0.4 is 11.1 Å². The molecule has 1 unspecified atom stereocenters. The smallest absolute Gasteiger partial charge is 0.269 e. The number of nitro groups is 1. The van der Waals surface area contributed by atoms with Crippen LogP contribution in [-0.4, -0.2) is 16.7 Å². The Kier molecular flexibility index (Phi) is 6.44. The molecule has 0 aliphatic heterocycles. The van der Waals surface area contributed by atoms with Gasteiger partial charge in [-0.2, -0.15) is 0 Å². The lowest BCUT2D eigenvalue weighted by atomic mass is 10.0. The fraction of sp³-hybridized carbons (Fsp3) is 0.0909. The average molecular weight is 388 g/mol. The standard InChI is InChI=1S/C22H20N4O3/c23-20(16-7-3-1-4-8-16)15-21(24-18-9-5-2-6-10-18)25-22(27)17-11-13-19(14-12-17)26(28)29/h1-14,20H,15,23H2,(H,24,25,27). The summed E-state index contributed by atoms with van der Waals surface area (Å²) in [5, 5.41) is 13.6. The van der Waals surface area contributed by atoms with Gasteiger partial charge in [-0.3, -0.25) is 14.9 Å². The minimum absolute atomic E-state index is 0.0779. The molecule has 0 saturated heterocycles. The highest BCUT2D eigenvalue weighted by molar-refractivity contribution is 6.07. The molecule has 0 aliphatic rings. The molecule has 0 heterocycles. The normalized spacial score (nSPS) is 12.2. The second-order valence-electron chi connectivity index (χ2n) is 6.37. The van der Waals surface area contributed by atoms with E-state index in [0.29, 0.717) is 23.5 Å². The minimum Gasteiger partial charge on any atom is -0.324 e. The van der Waals surface area contributed by atoms with Crippen molar-refractivity contribution in [1.82, 2.24) is 5.32 Å². The number of aliphatic imine (C=N–C) groups is 1.